The first-order chi connectivity index (χ1) is 4.34. The van der Waals surface area contributed by atoms with Crippen molar-refractivity contribution in [3.63, 3.8) is 0 Å². The molecule has 5 heteroatoms. The molecule has 0 saturated heterocycles. The van der Waals surface area contributed by atoms with E-state index in [1.54, 1.807) is 0 Å². The third kappa shape index (κ3) is 2.20. The van der Waals surface area contributed by atoms with Crippen molar-refractivity contribution in [3.8, 4) is 0 Å². The fourth-order valence-electron chi connectivity index (χ4n) is 0.536. The smallest absolute Gasteiger partial charge is 0.0871 e. The Kier molecular flexibility index (Phi) is 4.49. The van der Waals surface area contributed by atoms with Gasteiger partial charge >= 0.3 is 0 Å². The summed E-state index contributed by atoms with van der Waals surface area (Å²) in [5.41, 5.74) is 5.68. The molecule has 0 aliphatic carbocycles. The van der Waals surface area contributed by atoms with Gasteiger partial charge in [0, 0.05) is 27.0 Å². The number of hydrogen-bond acceptors (Lipinski definition) is 3. The summed E-state index contributed by atoms with van der Waals surface area (Å²) in [5.74, 6) is 0. The zero-order valence-electron chi connectivity index (χ0n) is 5.17. The van der Waals surface area contributed by atoms with E-state index >= 15 is 0 Å². The van der Waals surface area contributed by atoms with E-state index in [9.17, 15) is 0 Å². The fraction of sp³-hybridized carbons (Fsp3) is 0.400. The summed E-state index contributed by atoms with van der Waals surface area (Å²) in [7, 11) is 0. The zero-order chi connectivity index (χ0) is 6.69. The van der Waals surface area contributed by atoms with Gasteiger partial charge in [-0.1, -0.05) is 12.5 Å². The van der Waals surface area contributed by atoms with Crippen LogP contribution in [0.15, 0.2) is 12.5 Å². The summed E-state index contributed by atoms with van der Waals surface area (Å²) >= 11 is 0. The molecule has 0 fully saturated rings. The molecule has 10 heavy (non-hydrogen) atoms. The number of nitrogens with two attached hydrogens (primary N) is 1. The monoisotopic (exact) mass is 232 g/mol. The maximum atomic E-state index is 8.99. The molecule has 0 aromatic carbocycles. The molecule has 1 aromatic heterocycles. The van der Waals surface area contributed by atoms with Gasteiger partial charge < -0.3 is 20.8 Å². The molecule has 0 saturated carbocycles. The Bertz CT molecular complexity index is 165. The first-order valence-electron chi connectivity index (χ1n) is 2.65. The van der Waals surface area contributed by atoms with Crippen LogP contribution in [0.4, 0.5) is 0 Å². The van der Waals surface area contributed by atoms with Gasteiger partial charge in [-0.2, -0.15) is 0 Å². The second-order valence-corrected chi connectivity index (χ2v) is 1.70. The normalized spacial score (nSPS) is 12.2. The molecular formula is C5H8N3OPd-. The Hall–Kier alpha value is -0.208. The second kappa shape index (κ2) is 4.58. The number of nitrogens with zero attached hydrogens (tertiary/aromatic N) is 2. The molecule has 1 heterocycles. The summed E-state index contributed by atoms with van der Waals surface area (Å²) in [6, 6.07) is 0. The average Bonchev–Trinajstić information content (AvgIpc) is 2.37. The van der Waals surface area contributed by atoms with E-state index < -0.39 is 6.10 Å². The van der Waals surface area contributed by atoms with Crippen molar-refractivity contribution >= 4 is 0 Å². The Morgan fingerprint density at radius 2 is 2.50 bits per heavy atom. The maximum absolute atomic E-state index is 8.99. The van der Waals surface area contributed by atoms with Crippen LogP contribution >= 0.6 is 0 Å². The fourth-order valence-corrected chi connectivity index (χ4v) is 0.536. The molecule has 1 atom stereocenters. The molecule has 0 amide bonds. The molecule has 3 N–H and O–H groups in total. The van der Waals surface area contributed by atoms with Gasteiger partial charge in [0.15, 0.2) is 0 Å². The minimum Gasteiger partial charge on any atom is -0.449 e. The Morgan fingerprint density at radius 1 is 1.80 bits per heavy atom. The molecule has 4 nitrogen and oxygen atoms in total. The van der Waals surface area contributed by atoms with Crippen LogP contribution in [0.1, 0.15) is 11.8 Å². The van der Waals surface area contributed by atoms with Crippen molar-refractivity contribution in [3.05, 3.63) is 18.2 Å². The molecular weight excluding hydrogens is 224 g/mol. The number of rotatable bonds is 2. The Morgan fingerprint density at radius 3 is 2.90 bits per heavy atom. The number of imidazole rings is 1. The predicted molar refractivity (Wildman–Crippen MR) is 31.6 cm³/mol. The summed E-state index contributed by atoms with van der Waals surface area (Å²) in [4.78, 5) is 7.41. The van der Waals surface area contributed by atoms with Crippen molar-refractivity contribution < 1.29 is 25.5 Å². The van der Waals surface area contributed by atoms with Gasteiger partial charge in [0.2, 0.25) is 0 Å². The predicted octanol–water partition coefficient (Wildman–Crippen LogP) is -0.972. The zero-order valence-corrected chi connectivity index (χ0v) is 6.73. The molecule has 1 rings (SSSR count). The van der Waals surface area contributed by atoms with Crippen LogP contribution in [0.25, 0.3) is 0 Å². The van der Waals surface area contributed by atoms with Crippen LogP contribution in [0, 0.1) is 0 Å². The van der Waals surface area contributed by atoms with Gasteiger partial charge in [-0.05, 0) is 5.69 Å². The standard InChI is InChI=1S/C5H8N3O.Pd/c6-1-5(9)4-2-7-3-8-4;/h2-3,5,9H,1,6H2;/q-1;. The quantitative estimate of drug-likeness (QED) is 0.644. The third-order valence-corrected chi connectivity index (χ3v) is 1.04. The van der Waals surface area contributed by atoms with Crippen LogP contribution in [0.3, 0.4) is 0 Å². The minimum atomic E-state index is -0.660. The van der Waals surface area contributed by atoms with E-state index in [4.69, 9.17) is 10.8 Å². The van der Waals surface area contributed by atoms with E-state index in [2.05, 4.69) is 9.97 Å². The number of hydrogen-bond donors (Lipinski definition) is 2. The van der Waals surface area contributed by atoms with Gasteiger partial charge in [-0.25, -0.2) is 0 Å². The Balaban J connectivity index is 0.000000810. The van der Waals surface area contributed by atoms with E-state index in [-0.39, 0.29) is 27.0 Å². The van der Waals surface area contributed by atoms with Gasteiger partial charge in [0.25, 0.3) is 0 Å². The van der Waals surface area contributed by atoms with Crippen LogP contribution < -0.4 is 10.7 Å². The molecule has 60 valence electrons. The topological polar surface area (TPSA) is 73.2 Å². The van der Waals surface area contributed by atoms with Crippen molar-refractivity contribution in [2.75, 3.05) is 6.54 Å². The van der Waals surface area contributed by atoms with Gasteiger partial charge in [-0.3, -0.25) is 0 Å². The molecule has 1 aromatic rings. The van der Waals surface area contributed by atoms with E-state index in [1.807, 2.05) is 0 Å². The number of aliphatic hydroxyl groups is 1. The van der Waals surface area contributed by atoms with Gasteiger partial charge in [-0.15, -0.1) is 0 Å². The summed E-state index contributed by atoms with van der Waals surface area (Å²) < 4.78 is 0. The summed E-state index contributed by atoms with van der Waals surface area (Å²) in [6.45, 7) is 0.193. The molecule has 0 radical (unpaired) electrons. The third-order valence-electron chi connectivity index (χ3n) is 1.04. The Labute approximate surface area is 72.5 Å². The van der Waals surface area contributed by atoms with Crippen molar-refractivity contribution in [2.24, 2.45) is 5.73 Å². The second-order valence-electron chi connectivity index (χ2n) is 1.70. The van der Waals surface area contributed by atoms with Crippen molar-refractivity contribution in [2.45, 2.75) is 6.10 Å². The summed E-state index contributed by atoms with van der Waals surface area (Å²) in [5, 5.41) is 8.99. The maximum Gasteiger partial charge on any atom is 0.0871 e. The first-order valence-corrected chi connectivity index (χ1v) is 2.65. The van der Waals surface area contributed by atoms with Crippen LogP contribution in [-0.4, -0.2) is 16.6 Å². The van der Waals surface area contributed by atoms with Crippen LogP contribution in [0.5, 0.6) is 0 Å². The average molecular weight is 233 g/mol. The van der Waals surface area contributed by atoms with Crippen LogP contribution in [0.2, 0.25) is 0 Å². The SMILES string of the molecule is NCC(O)c1c[n-]cn1.[Pd]. The molecule has 1 unspecified atom stereocenters. The molecule has 0 aliphatic heterocycles. The summed E-state index contributed by atoms with van der Waals surface area (Å²) in [6.07, 6.45) is 2.22. The van der Waals surface area contributed by atoms with Crippen molar-refractivity contribution in [1.82, 2.24) is 9.97 Å². The minimum absolute atomic E-state index is 0. The molecule has 0 spiro atoms. The molecule has 0 bridgehead atoms. The van der Waals surface area contributed by atoms with Gasteiger partial charge in [0.05, 0.1) is 6.10 Å². The van der Waals surface area contributed by atoms with Gasteiger partial charge in [0.1, 0.15) is 0 Å². The number of aromatic nitrogens is 2. The van der Waals surface area contributed by atoms with E-state index in [0.717, 1.165) is 0 Å². The first kappa shape index (κ1) is 9.79. The molecule has 0 aliphatic rings. The number of aliphatic hydroxyl groups excluding tert-OH is 1. The largest absolute Gasteiger partial charge is 0.449 e. The van der Waals surface area contributed by atoms with Crippen LogP contribution in [-0.2, 0) is 20.4 Å². The van der Waals surface area contributed by atoms with E-state index in [1.165, 1.54) is 12.5 Å². The van der Waals surface area contributed by atoms with Crippen molar-refractivity contribution in [1.29, 1.82) is 0 Å². The van der Waals surface area contributed by atoms with E-state index in [0.29, 0.717) is 5.69 Å².